The van der Waals surface area contributed by atoms with Gasteiger partial charge in [0.2, 0.25) is 0 Å². The van der Waals surface area contributed by atoms with E-state index in [1.165, 1.54) is 12.1 Å². The van der Waals surface area contributed by atoms with Gasteiger partial charge in [-0.1, -0.05) is 12.1 Å². The van der Waals surface area contributed by atoms with Gasteiger partial charge in [-0.05, 0) is 37.3 Å². The maximum absolute atomic E-state index is 13.5. The minimum absolute atomic E-state index is 0.155. The van der Waals surface area contributed by atoms with Crippen LogP contribution in [0.4, 0.5) is 14.5 Å². The van der Waals surface area contributed by atoms with Crippen molar-refractivity contribution in [1.29, 1.82) is 0 Å². The Bertz CT molecular complexity index is 627. The summed E-state index contributed by atoms with van der Waals surface area (Å²) in [5, 5.41) is 2.97. The SMILES string of the molecule is CCOC(=O)c1ccc(NCc2cccc(F)c2F)cc1. The average Bonchev–Trinajstić information content (AvgIpc) is 2.49. The van der Waals surface area contributed by atoms with E-state index in [1.54, 1.807) is 31.2 Å². The largest absolute Gasteiger partial charge is 0.462 e. The molecule has 0 saturated heterocycles. The number of ether oxygens (including phenoxy) is 1. The summed E-state index contributed by atoms with van der Waals surface area (Å²) in [6.45, 7) is 2.21. The molecule has 0 fully saturated rings. The van der Waals surface area contributed by atoms with Crippen LogP contribution in [-0.2, 0) is 11.3 Å². The topological polar surface area (TPSA) is 38.3 Å². The van der Waals surface area contributed by atoms with Crippen molar-refractivity contribution in [3.8, 4) is 0 Å². The van der Waals surface area contributed by atoms with Crippen LogP contribution >= 0.6 is 0 Å². The minimum atomic E-state index is -0.869. The lowest BCUT2D eigenvalue weighted by Crippen LogP contribution is -2.06. The highest BCUT2D eigenvalue weighted by Crippen LogP contribution is 2.15. The molecule has 110 valence electrons. The molecule has 0 heterocycles. The minimum Gasteiger partial charge on any atom is -0.462 e. The molecule has 3 nitrogen and oxygen atoms in total. The fraction of sp³-hybridized carbons (Fsp3) is 0.188. The zero-order valence-electron chi connectivity index (χ0n) is 11.5. The summed E-state index contributed by atoms with van der Waals surface area (Å²) in [7, 11) is 0. The first-order chi connectivity index (χ1) is 10.1. The van der Waals surface area contributed by atoms with Gasteiger partial charge in [-0.2, -0.15) is 0 Å². The number of carbonyl (C=O) groups is 1. The maximum atomic E-state index is 13.5. The molecular formula is C16H15F2NO2. The number of anilines is 1. The first kappa shape index (κ1) is 15.0. The number of esters is 1. The molecule has 21 heavy (non-hydrogen) atoms. The van der Waals surface area contributed by atoms with Crippen molar-refractivity contribution in [3.05, 3.63) is 65.2 Å². The molecular weight excluding hydrogens is 276 g/mol. The Morgan fingerprint density at radius 1 is 1.14 bits per heavy atom. The van der Waals surface area contributed by atoms with Gasteiger partial charge in [0.25, 0.3) is 0 Å². The van der Waals surface area contributed by atoms with E-state index in [-0.39, 0.29) is 18.1 Å². The van der Waals surface area contributed by atoms with Crippen LogP contribution in [0.3, 0.4) is 0 Å². The highest BCUT2D eigenvalue weighted by molar-refractivity contribution is 5.89. The summed E-state index contributed by atoms with van der Waals surface area (Å²) in [5.74, 6) is -2.11. The lowest BCUT2D eigenvalue weighted by molar-refractivity contribution is 0.0526. The fourth-order valence-corrected chi connectivity index (χ4v) is 1.82. The monoisotopic (exact) mass is 291 g/mol. The summed E-state index contributed by atoms with van der Waals surface area (Å²) in [4.78, 5) is 11.5. The number of benzene rings is 2. The summed E-state index contributed by atoms with van der Waals surface area (Å²) >= 11 is 0. The van der Waals surface area contributed by atoms with Crippen LogP contribution in [0.5, 0.6) is 0 Å². The van der Waals surface area contributed by atoms with Gasteiger partial charge in [-0.25, -0.2) is 13.6 Å². The van der Waals surface area contributed by atoms with E-state index >= 15 is 0 Å². The number of hydrogen-bond donors (Lipinski definition) is 1. The molecule has 5 heteroatoms. The summed E-state index contributed by atoms with van der Waals surface area (Å²) in [6.07, 6.45) is 0. The summed E-state index contributed by atoms with van der Waals surface area (Å²) < 4.78 is 31.4. The molecule has 1 N–H and O–H groups in total. The molecule has 0 aliphatic rings. The van der Waals surface area contributed by atoms with E-state index in [9.17, 15) is 13.6 Å². The van der Waals surface area contributed by atoms with E-state index in [4.69, 9.17) is 4.74 Å². The maximum Gasteiger partial charge on any atom is 0.338 e. The lowest BCUT2D eigenvalue weighted by Gasteiger charge is -2.08. The quantitative estimate of drug-likeness (QED) is 0.853. The number of hydrogen-bond acceptors (Lipinski definition) is 3. The molecule has 0 bridgehead atoms. The molecule has 0 atom stereocenters. The van der Waals surface area contributed by atoms with Crippen LogP contribution in [0.1, 0.15) is 22.8 Å². The molecule has 2 aromatic rings. The van der Waals surface area contributed by atoms with Crippen molar-refractivity contribution < 1.29 is 18.3 Å². The molecule has 0 spiro atoms. The van der Waals surface area contributed by atoms with Gasteiger partial charge in [0.1, 0.15) is 0 Å². The van der Waals surface area contributed by atoms with Crippen molar-refractivity contribution in [2.75, 3.05) is 11.9 Å². The Morgan fingerprint density at radius 3 is 2.52 bits per heavy atom. The van der Waals surface area contributed by atoms with E-state index in [2.05, 4.69) is 5.32 Å². The molecule has 0 amide bonds. The number of carbonyl (C=O) groups excluding carboxylic acids is 1. The third-order valence-electron chi connectivity index (χ3n) is 2.91. The van der Waals surface area contributed by atoms with Crippen LogP contribution in [0.15, 0.2) is 42.5 Å². The van der Waals surface area contributed by atoms with Gasteiger partial charge in [0, 0.05) is 17.8 Å². The fourth-order valence-electron chi connectivity index (χ4n) is 1.82. The zero-order valence-corrected chi connectivity index (χ0v) is 11.5. The molecule has 0 aliphatic heterocycles. The molecule has 0 radical (unpaired) electrons. The van der Waals surface area contributed by atoms with Crippen LogP contribution in [0.2, 0.25) is 0 Å². The second-order valence-corrected chi connectivity index (χ2v) is 4.36. The summed E-state index contributed by atoms with van der Waals surface area (Å²) in [6, 6.07) is 10.6. The Kier molecular flexibility index (Phi) is 4.87. The smallest absolute Gasteiger partial charge is 0.338 e. The molecule has 2 aromatic carbocycles. The zero-order chi connectivity index (χ0) is 15.2. The normalized spacial score (nSPS) is 10.2. The Labute approximate surface area is 121 Å². The van der Waals surface area contributed by atoms with E-state index in [1.807, 2.05) is 0 Å². The number of nitrogens with one attached hydrogen (secondary N) is 1. The van der Waals surface area contributed by atoms with Crippen molar-refractivity contribution in [2.45, 2.75) is 13.5 Å². The predicted molar refractivity (Wildman–Crippen MR) is 76.1 cm³/mol. The second kappa shape index (κ2) is 6.83. The molecule has 0 saturated carbocycles. The summed E-state index contributed by atoms with van der Waals surface area (Å²) in [5.41, 5.74) is 1.38. The molecule has 0 unspecified atom stereocenters. The predicted octanol–water partition coefficient (Wildman–Crippen LogP) is 3.75. The molecule has 2 rings (SSSR count). The third-order valence-corrected chi connectivity index (χ3v) is 2.91. The van der Waals surface area contributed by atoms with Crippen LogP contribution in [0, 0.1) is 11.6 Å². The lowest BCUT2D eigenvalue weighted by atomic mass is 10.2. The van der Waals surface area contributed by atoms with Gasteiger partial charge >= 0.3 is 5.97 Å². The van der Waals surface area contributed by atoms with Crippen LogP contribution in [-0.4, -0.2) is 12.6 Å². The Balaban J connectivity index is 2.01. The second-order valence-electron chi connectivity index (χ2n) is 4.36. The van der Waals surface area contributed by atoms with Gasteiger partial charge in [0.15, 0.2) is 11.6 Å². The average molecular weight is 291 g/mol. The Hall–Kier alpha value is -2.43. The molecule has 0 aliphatic carbocycles. The number of halogens is 2. The van der Waals surface area contributed by atoms with Crippen LogP contribution in [0.25, 0.3) is 0 Å². The van der Waals surface area contributed by atoms with Crippen molar-refractivity contribution in [3.63, 3.8) is 0 Å². The van der Waals surface area contributed by atoms with Crippen molar-refractivity contribution >= 4 is 11.7 Å². The van der Waals surface area contributed by atoms with E-state index in [0.717, 1.165) is 6.07 Å². The standard InChI is InChI=1S/C16H15F2NO2/c1-2-21-16(20)11-6-8-13(9-7-11)19-10-12-4-3-5-14(17)15(12)18/h3-9,19H,2,10H2,1H3. The highest BCUT2D eigenvalue weighted by Gasteiger charge is 2.08. The van der Waals surface area contributed by atoms with E-state index in [0.29, 0.717) is 17.9 Å². The highest BCUT2D eigenvalue weighted by atomic mass is 19.2. The van der Waals surface area contributed by atoms with Gasteiger partial charge in [-0.3, -0.25) is 0 Å². The van der Waals surface area contributed by atoms with Gasteiger partial charge in [0.05, 0.1) is 12.2 Å². The van der Waals surface area contributed by atoms with Gasteiger partial charge in [-0.15, -0.1) is 0 Å². The van der Waals surface area contributed by atoms with Crippen molar-refractivity contribution in [2.24, 2.45) is 0 Å². The van der Waals surface area contributed by atoms with Crippen LogP contribution < -0.4 is 5.32 Å². The third kappa shape index (κ3) is 3.78. The number of rotatable bonds is 5. The Morgan fingerprint density at radius 2 is 1.86 bits per heavy atom. The van der Waals surface area contributed by atoms with E-state index < -0.39 is 11.6 Å². The van der Waals surface area contributed by atoms with Gasteiger partial charge < -0.3 is 10.1 Å². The van der Waals surface area contributed by atoms with Crippen molar-refractivity contribution in [1.82, 2.24) is 0 Å². The first-order valence-electron chi connectivity index (χ1n) is 6.55. The molecule has 0 aromatic heterocycles. The first-order valence-corrected chi connectivity index (χ1v) is 6.55.